The van der Waals surface area contributed by atoms with Crippen LogP contribution in [0.4, 0.5) is 4.39 Å². The van der Waals surface area contributed by atoms with Crippen LogP contribution in [0.1, 0.15) is 76.3 Å². The van der Waals surface area contributed by atoms with Gasteiger partial charge in [0.1, 0.15) is 17.3 Å². The number of allylic oxidation sites excluding steroid dienone is 4. The van der Waals surface area contributed by atoms with Gasteiger partial charge in [-0.2, -0.15) is 0 Å². The van der Waals surface area contributed by atoms with Crippen LogP contribution in [0.3, 0.4) is 0 Å². The number of ether oxygens (including phenoxy) is 1. The van der Waals surface area contributed by atoms with E-state index in [1.807, 2.05) is 89.5 Å². The number of rotatable bonds is 7. The summed E-state index contributed by atoms with van der Waals surface area (Å²) in [6.07, 6.45) is 6.92. The average molecular weight is 626 g/mol. The molecule has 244 valence electrons. The first kappa shape index (κ1) is 37.9. The van der Waals surface area contributed by atoms with Crippen LogP contribution in [0.15, 0.2) is 89.4 Å². The Bertz CT molecular complexity index is 1550. The van der Waals surface area contributed by atoms with Crippen molar-refractivity contribution in [2.75, 3.05) is 20.2 Å². The minimum atomic E-state index is -0.317. The number of fused-ring (bicyclic) bond motifs is 1. The Labute approximate surface area is 276 Å². The number of carbonyl (C=O) groups is 2. The van der Waals surface area contributed by atoms with E-state index in [4.69, 9.17) is 9.73 Å². The Morgan fingerprint density at radius 2 is 1.87 bits per heavy atom. The molecule has 1 amide bonds. The van der Waals surface area contributed by atoms with Crippen molar-refractivity contribution >= 4 is 36.0 Å². The summed E-state index contributed by atoms with van der Waals surface area (Å²) < 4.78 is 19.3. The second kappa shape index (κ2) is 18.6. The molecule has 2 heterocycles. The van der Waals surface area contributed by atoms with Crippen LogP contribution in [0, 0.1) is 12.7 Å². The van der Waals surface area contributed by atoms with Crippen molar-refractivity contribution in [3.63, 3.8) is 0 Å². The molecule has 2 aromatic carbocycles. The maximum Gasteiger partial charge on any atom is -0.0683 e. The normalized spacial score (nSPS) is 16.6. The van der Waals surface area contributed by atoms with Crippen LogP contribution in [-0.4, -0.2) is 60.5 Å². The van der Waals surface area contributed by atoms with Crippen LogP contribution in [0.5, 0.6) is 0 Å². The largest absolute Gasteiger partial charge is 0.0683 e. The summed E-state index contributed by atoms with van der Waals surface area (Å²) in [5.41, 5.74) is 6.26. The van der Waals surface area contributed by atoms with Gasteiger partial charge >= 0.3 is 67.3 Å². The van der Waals surface area contributed by atoms with Gasteiger partial charge in [-0.25, -0.2) is 9.38 Å². The average Bonchev–Trinajstić information content (AvgIpc) is 3.05. The maximum atomic E-state index is 14.5. The Balaban J connectivity index is 0.000000482. The number of nitrogens with zero attached hydrogens (tertiary/aromatic N) is 3. The zero-order valence-corrected chi connectivity index (χ0v) is 29.0. The standard InChI is InChI=1S/C28H30FN3O.C8H13BO2.C2H6/c1-6-22-17-26(28(33)32-14-13-21-9-7-8-10-24(21)20(32)4)30-27(31(22)5)16-19(3)23-12-11-18(2)15-25(23)29;1-4-7(6-9-3)8(10)11-5-2;1-2/h7-12,15-17,20H,3,6,13-14H2,1-2,4-5H3;4,6H,5H2,1-3H3;1-2H3/b27-16-;7-4+;. The first-order valence-electron chi connectivity index (χ1n) is 16.1. The van der Waals surface area contributed by atoms with Gasteiger partial charge in [0.2, 0.25) is 0 Å². The smallest absolute Gasteiger partial charge is 0.0683 e. The van der Waals surface area contributed by atoms with Gasteiger partial charge in [-0.1, -0.05) is 63.7 Å². The maximum absolute atomic E-state index is 14.5. The Morgan fingerprint density at radius 1 is 1.17 bits per heavy atom. The van der Waals surface area contributed by atoms with Crippen molar-refractivity contribution in [1.29, 1.82) is 0 Å². The van der Waals surface area contributed by atoms with Crippen molar-refractivity contribution in [1.82, 2.24) is 9.80 Å². The van der Waals surface area contributed by atoms with Gasteiger partial charge in [0, 0.05) is 24.9 Å². The molecule has 0 saturated carbocycles. The number of benzene rings is 2. The summed E-state index contributed by atoms with van der Waals surface area (Å²) >= 11 is 0. The predicted molar refractivity (Wildman–Crippen MR) is 192 cm³/mol. The molecule has 6 nitrogen and oxygen atoms in total. The zero-order chi connectivity index (χ0) is 34.4. The molecule has 0 spiro atoms. The van der Waals surface area contributed by atoms with E-state index in [-0.39, 0.29) is 23.7 Å². The van der Waals surface area contributed by atoms with Crippen LogP contribution in [0.25, 0.3) is 5.57 Å². The van der Waals surface area contributed by atoms with E-state index in [1.165, 1.54) is 17.2 Å². The predicted octanol–water partition coefficient (Wildman–Crippen LogP) is 7.89. The van der Waals surface area contributed by atoms with E-state index in [1.54, 1.807) is 31.1 Å². The summed E-state index contributed by atoms with van der Waals surface area (Å²) in [4.78, 5) is 33.1. The molecule has 0 aliphatic carbocycles. The first-order chi connectivity index (χ1) is 22.1. The van der Waals surface area contributed by atoms with E-state index < -0.39 is 0 Å². The fourth-order valence-electron chi connectivity index (χ4n) is 5.20. The molecule has 0 N–H and O–H groups in total. The number of carbonyl (C=O) groups excluding carboxylic acids is 2. The van der Waals surface area contributed by atoms with Crippen LogP contribution in [0.2, 0.25) is 6.82 Å². The van der Waals surface area contributed by atoms with Gasteiger partial charge in [-0.15, -0.1) is 0 Å². The molecule has 0 radical (unpaired) electrons. The molecule has 0 bridgehead atoms. The van der Waals surface area contributed by atoms with Crippen LogP contribution < -0.4 is 0 Å². The van der Waals surface area contributed by atoms with Crippen molar-refractivity contribution in [2.24, 2.45) is 4.99 Å². The fourth-order valence-corrected chi connectivity index (χ4v) is 5.20. The molecule has 8 heteroatoms. The number of hydrogen-bond donors (Lipinski definition) is 0. The quantitative estimate of drug-likeness (QED) is 0.178. The zero-order valence-electron chi connectivity index (χ0n) is 29.0. The number of esters is 1. The van der Waals surface area contributed by atoms with Gasteiger partial charge in [-0.05, 0) is 67.2 Å². The second-order valence-electron chi connectivity index (χ2n) is 10.6. The Morgan fingerprint density at radius 3 is 2.48 bits per heavy atom. The van der Waals surface area contributed by atoms with Gasteiger partial charge in [0.25, 0.3) is 5.91 Å². The summed E-state index contributed by atoms with van der Waals surface area (Å²) in [7, 11) is 1.91. The van der Waals surface area contributed by atoms with Gasteiger partial charge in [0.15, 0.2) is 0 Å². The van der Waals surface area contributed by atoms with Gasteiger partial charge in [0.05, 0.1) is 6.04 Å². The second-order valence-corrected chi connectivity index (χ2v) is 10.6. The molecule has 4 rings (SSSR count). The summed E-state index contributed by atoms with van der Waals surface area (Å²) in [6, 6.07) is 13.3. The SMILES string of the molecule is C=C(/C=C1/N=C(C(=O)N2CCc3ccccc3C2C)C=C(CC)N1C)c1ccc(C)cc1F.CB=C/C(=C\C)C(=O)OCC.CC. The van der Waals surface area contributed by atoms with Gasteiger partial charge < -0.3 is 9.80 Å². The summed E-state index contributed by atoms with van der Waals surface area (Å²) in [5, 5.41) is 0. The first-order valence-corrected chi connectivity index (χ1v) is 16.1. The van der Waals surface area contributed by atoms with E-state index in [9.17, 15) is 14.0 Å². The molecule has 0 fully saturated rings. The molecule has 2 aliphatic heterocycles. The molecule has 0 saturated heterocycles. The van der Waals surface area contributed by atoms with E-state index >= 15 is 0 Å². The number of hydrogen-bond acceptors (Lipinski definition) is 5. The monoisotopic (exact) mass is 625 g/mol. The molecular formula is C38H49BFN3O3. The molecular weight excluding hydrogens is 576 g/mol. The van der Waals surface area contributed by atoms with Crippen molar-refractivity contribution in [2.45, 2.75) is 74.2 Å². The minimum Gasteiger partial charge on any atom is -0.0683 e. The molecule has 2 aliphatic rings. The molecule has 46 heavy (non-hydrogen) atoms. The number of amides is 1. The third kappa shape index (κ3) is 9.59. The van der Waals surface area contributed by atoms with E-state index in [0.29, 0.717) is 41.4 Å². The Kier molecular flexibility index (Phi) is 15.3. The molecule has 2 aromatic rings. The van der Waals surface area contributed by atoms with E-state index in [0.717, 1.165) is 24.1 Å². The summed E-state index contributed by atoms with van der Waals surface area (Å²) in [5.74, 6) is 1.65. The Hall–Kier alpha value is -4.33. The number of aryl methyl sites for hydroxylation is 1. The van der Waals surface area contributed by atoms with Crippen molar-refractivity contribution in [3.8, 4) is 0 Å². The number of aliphatic imine (C=N–C) groups is 1. The molecule has 0 aromatic heterocycles. The molecule has 1 atom stereocenters. The van der Waals surface area contributed by atoms with Crippen molar-refractivity contribution < 1.29 is 18.7 Å². The summed E-state index contributed by atoms with van der Waals surface area (Å²) in [6.45, 7) is 22.4. The topological polar surface area (TPSA) is 62.2 Å². The molecule has 1 unspecified atom stereocenters. The van der Waals surface area contributed by atoms with Crippen molar-refractivity contribution in [3.05, 3.63) is 112 Å². The van der Waals surface area contributed by atoms with Crippen LogP contribution >= 0.6 is 0 Å². The third-order valence-corrected chi connectivity index (χ3v) is 7.69. The van der Waals surface area contributed by atoms with Crippen LogP contribution in [-0.2, 0) is 20.7 Å². The minimum absolute atomic E-state index is 0.0210. The van der Waals surface area contributed by atoms with E-state index in [2.05, 4.69) is 25.6 Å². The number of halogens is 1. The van der Waals surface area contributed by atoms with Gasteiger partial charge in [-0.3, -0.25) is 4.79 Å². The third-order valence-electron chi connectivity index (χ3n) is 7.69. The fraction of sp³-hybridized carbons (Fsp3) is 0.368.